The normalized spacial score (nSPS) is 43.9. The molecular formula is C46H73FN2O5S. The first-order chi connectivity index (χ1) is 25.6. The molecule has 0 aromatic rings. The van der Waals surface area contributed by atoms with Gasteiger partial charge in [0, 0.05) is 18.6 Å². The number of halogens is 1. The largest absolute Gasteiger partial charge is 0.481 e. The predicted molar refractivity (Wildman–Crippen MR) is 219 cm³/mol. The van der Waals surface area contributed by atoms with Gasteiger partial charge in [-0.25, -0.2) is 17.1 Å². The first-order valence-electron chi connectivity index (χ1n) is 21.9. The number of carbonyl (C=O) groups is 1. The molecule has 4 saturated carbocycles. The standard InChI is InChI=1S/C46H73FN2O5S/c1-31(2)29-33-13-20-46(48-26-23-45(52)24-27-49(28-25-45)55(8,53)54)22-21-42(6)35(38(33)46)9-10-37-41(5)16-14-34(40(3,4)36(41)15-17-43(37,42)7)32-11-18-44(30-47,19-12-32)39(50)51/h11,14,33,35-38,48,52H,1,9-10,12-13,15-30H2,2-8H3,(H,50,51)/t33-,35+,36-,37+,38+,41-,42+,43+,44-,46-/m0/s1. The topological polar surface area (TPSA) is 107 Å². The zero-order chi connectivity index (χ0) is 40.0. The lowest BCUT2D eigenvalue weighted by molar-refractivity contribution is -0.222. The van der Waals surface area contributed by atoms with Crippen LogP contribution < -0.4 is 5.32 Å². The highest BCUT2D eigenvalue weighted by atomic mass is 32.2. The van der Waals surface area contributed by atoms with Crippen LogP contribution in [0.2, 0.25) is 0 Å². The Morgan fingerprint density at radius 3 is 2.24 bits per heavy atom. The van der Waals surface area contributed by atoms with Crippen molar-refractivity contribution in [2.45, 2.75) is 155 Å². The van der Waals surface area contributed by atoms with E-state index in [0.29, 0.717) is 74.8 Å². The van der Waals surface area contributed by atoms with Gasteiger partial charge < -0.3 is 15.5 Å². The number of nitrogens with one attached hydrogen (secondary N) is 1. The Balaban J connectivity index is 1.12. The lowest BCUT2D eigenvalue weighted by Crippen LogP contribution is -2.68. The molecule has 0 aromatic carbocycles. The molecule has 7 nitrogen and oxygen atoms in total. The van der Waals surface area contributed by atoms with Crippen LogP contribution in [0.3, 0.4) is 0 Å². The van der Waals surface area contributed by atoms with E-state index in [4.69, 9.17) is 0 Å². The van der Waals surface area contributed by atoms with Crippen LogP contribution in [0.1, 0.15) is 144 Å². The van der Waals surface area contributed by atoms with Crippen molar-refractivity contribution >= 4 is 16.0 Å². The second-order valence-corrected chi connectivity index (χ2v) is 23.6. The minimum Gasteiger partial charge on any atom is -0.481 e. The van der Waals surface area contributed by atoms with Gasteiger partial charge >= 0.3 is 5.97 Å². The number of rotatable bonds is 10. The lowest BCUT2D eigenvalue weighted by Gasteiger charge is -2.72. The van der Waals surface area contributed by atoms with E-state index < -0.39 is 33.7 Å². The summed E-state index contributed by atoms with van der Waals surface area (Å²) in [7, 11) is -3.24. The molecule has 0 unspecified atom stereocenters. The van der Waals surface area contributed by atoms with E-state index in [0.717, 1.165) is 19.4 Å². The number of carboxylic acids is 1. The summed E-state index contributed by atoms with van der Waals surface area (Å²) in [6, 6.07) is 0. The highest BCUT2D eigenvalue weighted by Gasteiger charge is 2.70. The number of sulfonamides is 1. The summed E-state index contributed by atoms with van der Waals surface area (Å²) in [6.07, 6.45) is 20.7. The lowest BCUT2D eigenvalue weighted by atomic mass is 9.33. The Labute approximate surface area is 332 Å². The maximum absolute atomic E-state index is 14.0. The number of fused-ring (bicyclic) bond motifs is 7. The smallest absolute Gasteiger partial charge is 0.312 e. The molecule has 7 rings (SSSR count). The van der Waals surface area contributed by atoms with Crippen molar-refractivity contribution < 1.29 is 27.8 Å². The average molecular weight is 785 g/mol. The third-order valence-corrected chi connectivity index (χ3v) is 19.9. The van der Waals surface area contributed by atoms with Gasteiger partial charge in [-0.3, -0.25) is 4.79 Å². The van der Waals surface area contributed by atoms with Crippen molar-refractivity contribution in [3.8, 4) is 0 Å². The zero-order valence-corrected chi connectivity index (χ0v) is 36.1. The summed E-state index contributed by atoms with van der Waals surface area (Å²) >= 11 is 0. The van der Waals surface area contributed by atoms with Crippen LogP contribution in [0.25, 0.3) is 0 Å². The third kappa shape index (κ3) is 6.58. The summed E-state index contributed by atoms with van der Waals surface area (Å²) in [5, 5.41) is 25.6. The van der Waals surface area contributed by atoms with Crippen LogP contribution in [-0.2, 0) is 14.8 Å². The summed E-state index contributed by atoms with van der Waals surface area (Å²) < 4.78 is 39.8. The van der Waals surface area contributed by atoms with Crippen LogP contribution in [-0.4, -0.2) is 72.6 Å². The van der Waals surface area contributed by atoms with E-state index in [1.807, 2.05) is 0 Å². The van der Waals surface area contributed by atoms with Gasteiger partial charge in [-0.05, 0) is 179 Å². The van der Waals surface area contributed by atoms with E-state index in [-0.39, 0.29) is 33.6 Å². The van der Waals surface area contributed by atoms with Crippen LogP contribution in [0, 0.1) is 56.7 Å². The number of hydrogen-bond acceptors (Lipinski definition) is 5. The van der Waals surface area contributed by atoms with E-state index in [1.54, 1.807) is 0 Å². The van der Waals surface area contributed by atoms with Crippen molar-refractivity contribution in [3.05, 3.63) is 35.5 Å². The number of aliphatic hydroxyl groups is 1. The van der Waals surface area contributed by atoms with Crippen molar-refractivity contribution in [2.75, 3.05) is 32.6 Å². The molecule has 6 aliphatic carbocycles. The van der Waals surface area contributed by atoms with E-state index in [9.17, 15) is 27.8 Å². The van der Waals surface area contributed by atoms with Crippen molar-refractivity contribution in [2.24, 2.45) is 56.7 Å². The van der Waals surface area contributed by atoms with Gasteiger partial charge in [0.1, 0.15) is 6.67 Å². The summed E-state index contributed by atoms with van der Waals surface area (Å²) in [5.41, 5.74) is 2.49. The molecule has 1 heterocycles. The molecule has 55 heavy (non-hydrogen) atoms. The number of hydrogen-bond donors (Lipinski definition) is 3. The number of aliphatic carboxylic acids is 1. The number of carboxylic acid groups (broad SMARTS) is 1. The van der Waals surface area contributed by atoms with Crippen LogP contribution in [0.4, 0.5) is 4.39 Å². The van der Waals surface area contributed by atoms with E-state index >= 15 is 0 Å². The van der Waals surface area contributed by atoms with Gasteiger partial charge in [-0.2, -0.15) is 0 Å². The Bertz CT molecular complexity index is 1710. The Morgan fingerprint density at radius 2 is 1.64 bits per heavy atom. The first kappa shape index (κ1) is 41.6. The monoisotopic (exact) mass is 785 g/mol. The SMILES string of the molecule is C=C(C)C[C@@H]1CC[C@]2(NCCC3(O)CCN(S(C)(=O)=O)CC3)CC[C@]3(C)[C@H](CC[C@@H]4[C@@]5(C)CC=C(C6=CC[C@](CF)(C(=O)O)CC6)C(C)(C)[C@@H]5CC[C@]43C)[C@@H]12. The highest BCUT2D eigenvalue weighted by Crippen LogP contribution is 2.76. The molecule has 0 spiro atoms. The fourth-order valence-electron chi connectivity index (χ4n) is 15.4. The molecule has 9 heteroatoms. The van der Waals surface area contributed by atoms with Crippen molar-refractivity contribution in [1.29, 1.82) is 0 Å². The van der Waals surface area contributed by atoms with Crippen LogP contribution in [0.15, 0.2) is 35.5 Å². The fraction of sp³-hybridized carbons (Fsp3) is 0.848. The second kappa shape index (κ2) is 14.0. The van der Waals surface area contributed by atoms with Gasteiger partial charge in [0.15, 0.2) is 0 Å². The Kier molecular flexibility index (Phi) is 10.6. The molecule has 7 aliphatic rings. The molecular weight excluding hydrogens is 712 g/mol. The molecule has 0 aromatic heterocycles. The molecule has 10 atom stereocenters. The Hall–Kier alpha value is -1.55. The molecule has 1 saturated heterocycles. The number of nitrogens with zero attached hydrogens (tertiary/aromatic N) is 1. The van der Waals surface area contributed by atoms with Crippen LogP contribution in [0.5, 0.6) is 0 Å². The van der Waals surface area contributed by atoms with Gasteiger partial charge in [0.05, 0.1) is 17.3 Å². The van der Waals surface area contributed by atoms with Gasteiger partial charge in [-0.15, -0.1) is 6.58 Å². The number of allylic oxidation sites excluding steroid dienone is 5. The molecule has 0 bridgehead atoms. The highest BCUT2D eigenvalue weighted by molar-refractivity contribution is 7.88. The zero-order valence-electron chi connectivity index (χ0n) is 35.2. The average Bonchev–Trinajstić information content (AvgIpc) is 3.45. The molecule has 0 radical (unpaired) electrons. The number of piperidine rings is 1. The second-order valence-electron chi connectivity index (χ2n) is 21.6. The predicted octanol–water partition coefficient (Wildman–Crippen LogP) is 9.24. The molecule has 5 fully saturated rings. The van der Waals surface area contributed by atoms with Gasteiger partial charge in [0.2, 0.25) is 10.0 Å². The van der Waals surface area contributed by atoms with E-state index in [1.165, 1.54) is 78.6 Å². The first-order valence-corrected chi connectivity index (χ1v) is 23.7. The minimum atomic E-state index is -3.24. The van der Waals surface area contributed by atoms with E-state index in [2.05, 4.69) is 65.6 Å². The molecule has 1 aliphatic heterocycles. The van der Waals surface area contributed by atoms with Gasteiger partial charge in [0.25, 0.3) is 0 Å². The Morgan fingerprint density at radius 1 is 0.927 bits per heavy atom. The van der Waals surface area contributed by atoms with Crippen molar-refractivity contribution in [1.82, 2.24) is 9.62 Å². The number of alkyl halides is 1. The minimum absolute atomic E-state index is 0.0357. The summed E-state index contributed by atoms with van der Waals surface area (Å²) in [6.45, 7) is 20.2. The molecule has 310 valence electrons. The quantitative estimate of drug-likeness (QED) is 0.191. The third-order valence-electron chi connectivity index (χ3n) is 18.6. The van der Waals surface area contributed by atoms with Crippen LogP contribution >= 0.6 is 0 Å². The fourth-order valence-corrected chi connectivity index (χ4v) is 16.3. The van der Waals surface area contributed by atoms with Gasteiger partial charge in [-0.1, -0.05) is 52.3 Å². The maximum Gasteiger partial charge on any atom is 0.312 e. The molecule has 3 N–H and O–H groups in total. The molecule has 0 amide bonds. The maximum atomic E-state index is 14.0. The summed E-state index contributed by atoms with van der Waals surface area (Å²) in [4.78, 5) is 12.0. The van der Waals surface area contributed by atoms with Crippen molar-refractivity contribution in [3.63, 3.8) is 0 Å². The summed E-state index contributed by atoms with van der Waals surface area (Å²) in [5.74, 6) is 1.96.